The molecule has 1 aromatic heterocycles. The molecule has 2 heterocycles. The largest absolute Gasteiger partial charge is 0.497 e. The molecule has 0 bridgehead atoms. The van der Waals surface area contributed by atoms with Crippen molar-refractivity contribution in [2.45, 2.75) is 17.7 Å². The number of nitrogens with zero attached hydrogens (tertiary/aromatic N) is 4. The van der Waals surface area contributed by atoms with Gasteiger partial charge in [-0.25, -0.2) is 17.8 Å². The lowest BCUT2D eigenvalue weighted by Gasteiger charge is -2.21. The van der Waals surface area contributed by atoms with Crippen LogP contribution in [0.4, 0.5) is 9.52 Å². The van der Waals surface area contributed by atoms with E-state index in [0.717, 1.165) is 22.3 Å². The number of sulfonamides is 1. The standard InChI is InChI=1S/C21H23FN4O3S2/c1-29-18-5-2-4-16(14-18)15-20-23-21(30-24-20)25-10-3-11-26(13-12-25)31(27,28)19-8-6-17(22)7-9-19/h2,4-9,14H,3,10-13,15H2,1H3. The van der Waals surface area contributed by atoms with Gasteiger partial charge in [0.2, 0.25) is 15.2 Å². The van der Waals surface area contributed by atoms with Gasteiger partial charge < -0.3 is 9.64 Å². The highest BCUT2D eigenvalue weighted by Gasteiger charge is 2.27. The fourth-order valence-corrected chi connectivity index (χ4v) is 5.70. The Morgan fingerprint density at radius 3 is 2.68 bits per heavy atom. The Hall–Kier alpha value is -2.56. The third kappa shape index (κ3) is 5.03. The second-order valence-electron chi connectivity index (χ2n) is 7.22. The molecule has 0 saturated carbocycles. The van der Waals surface area contributed by atoms with E-state index in [2.05, 4.69) is 14.3 Å². The molecule has 1 aliphatic heterocycles. The Balaban J connectivity index is 1.42. The molecule has 10 heteroatoms. The van der Waals surface area contributed by atoms with Crippen LogP contribution in [0.25, 0.3) is 0 Å². The van der Waals surface area contributed by atoms with Gasteiger partial charge in [0.15, 0.2) is 0 Å². The highest BCUT2D eigenvalue weighted by molar-refractivity contribution is 7.89. The van der Waals surface area contributed by atoms with E-state index in [-0.39, 0.29) is 4.90 Å². The minimum Gasteiger partial charge on any atom is -0.497 e. The zero-order valence-corrected chi connectivity index (χ0v) is 18.7. The molecule has 0 N–H and O–H groups in total. The van der Waals surface area contributed by atoms with Crippen molar-refractivity contribution in [3.05, 3.63) is 65.7 Å². The van der Waals surface area contributed by atoms with Crippen LogP contribution in [-0.4, -0.2) is 55.4 Å². The molecule has 3 aromatic rings. The van der Waals surface area contributed by atoms with Gasteiger partial charge in [-0.1, -0.05) is 12.1 Å². The van der Waals surface area contributed by atoms with E-state index >= 15 is 0 Å². The fraction of sp³-hybridized carbons (Fsp3) is 0.333. The lowest BCUT2D eigenvalue weighted by Crippen LogP contribution is -2.35. The molecule has 0 spiro atoms. The van der Waals surface area contributed by atoms with Gasteiger partial charge >= 0.3 is 0 Å². The highest BCUT2D eigenvalue weighted by Crippen LogP contribution is 2.24. The van der Waals surface area contributed by atoms with Gasteiger partial charge in [0.05, 0.1) is 12.0 Å². The SMILES string of the molecule is COc1cccc(Cc2nsc(N3CCCN(S(=O)(=O)c4ccc(F)cc4)CC3)n2)c1. The van der Waals surface area contributed by atoms with Crippen LogP contribution in [0, 0.1) is 5.82 Å². The van der Waals surface area contributed by atoms with Crippen molar-refractivity contribution in [1.82, 2.24) is 13.7 Å². The van der Waals surface area contributed by atoms with E-state index < -0.39 is 15.8 Å². The first-order valence-corrected chi connectivity index (χ1v) is 12.1. The van der Waals surface area contributed by atoms with E-state index in [1.807, 2.05) is 24.3 Å². The number of halogens is 1. The second kappa shape index (κ2) is 9.29. The Labute approximate surface area is 185 Å². The Morgan fingerprint density at radius 2 is 1.90 bits per heavy atom. The fourth-order valence-electron chi connectivity index (χ4n) is 3.49. The number of ether oxygens (including phenoxy) is 1. The highest BCUT2D eigenvalue weighted by atomic mass is 32.2. The summed E-state index contributed by atoms with van der Waals surface area (Å²) in [6.45, 7) is 1.97. The summed E-state index contributed by atoms with van der Waals surface area (Å²) in [5.74, 6) is 1.07. The normalized spacial score (nSPS) is 15.6. The van der Waals surface area contributed by atoms with Crippen LogP contribution < -0.4 is 9.64 Å². The zero-order valence-electron chi connectivity index (χ0n) is 17.1. The Bertz CT molecular complexity index is 1140. The molecule has 0 unspecified atom stereocenters. The van der Waals surface area contributed by atoms with Crippen LogP contribution in [0.5, 0.6) is 5.75 Å². The van der Waals surface area contributed by atoms with E-state index in [9.17, 15) is 12.8 Å². The quantitative estimate of drug-likeness (QED) is 0.560. The van der Waals surface area contributed by atoms with Crippen LogP contribution in [0.2, 0.25) is 0 Å². The van der Waals surface area contributed by atoms with Crippen molar-refractivity contribution in [3.8, 4) is 5.75 Å². The van der Waals surface area contributed by atoms with Crippen LogP contribution in [0.15, 0.2) is 53.4 Å². The topological polar surface area (TPSA) is 75.6 Å². The molecule has 4 rings (SSSR count). The first-order valence-electron chi connectivity index (χ1n) is 9.92. The third-order valence-electron chi connectivity index (χ3n) is 5.13. The molecule has 31 heavy (non-hydrogen) atoms. The van der Waals surface area contributed by atoms with Crippen molar-refractivity contribution in [2.75, 3.05) is 38.2 Å². The minimum absolute atomic E-state index is 0.110. The molecule has 0 aliphatic carbocycles. The summed E-state index contributed by atoms with van der Waals surface area (Å²) in [5.41, 5.74) is 1.07. The van der Waals surface area contributed by atoms with Crippen molar-refractivity contribution < 1.29 is 17.5 Å². The van der Waals surface area contributed by atoms with Crippen molar-refractivity contribution in [2.24, 2.45) is 0 Å². The smallest absolute Gasteiger partial charge is 0.243 e. The lowest BCUT2D eigenvalue weighted by molar-refractivity contribution is 0.414. The van der Waals surface area contributed by atoms with Crippen LogP contribution >= 0.6 is 11.5 Å². The third-order valence-corrected chi connectivity index (χ3v) is 7.86. The van der Waals surface area contributed by atoms with Crippen LogP contribution in [-0.2, 0) is 16.4 Å². The number of rotatable bonds is 6. The van der Waals surface area contributed by atoms with Gasteiger partial charge in [0.1, 0.15) is 17.4 Å². The summed E-state index contributed by atoms with van der Waals surface area (Å²) in [6.07, 6.45) is 1.28. The van der Waals surface area contributed by atoms with Gasteiger partial charge in [-0.2, -0.15) is 8.68 Å². The molecule has 7 nitrogen and oxygen atoms in total. The number of methoxy groups -OCH3 is 1. The number of benzene rings is 2. The monoisotopic (exact) mass is 462 g/mol. The molecule has 1 saturated heterocycles. The van der Waals surface area contributed by atoms with Crippen molar-refractivity contribution in [1.29, 1.82) is 0 Å². The molecular weight excluding hydrogens is 439 g/mol. The maximum atomic E-state index is 13.2. The summed E-state index contributed by atoms with van der Waals surface area (Å²) in [7, 11) is -2.02. The Morgan fingerprint density at radius 1 is 1.10 bits per heavy atom. The zero-order chi connectivity index (χ0) is 21.8. The number of aromatic nitrogens is 2. The molecular formula is C21H23FN4O3S2. The maximum absolute atomic E-state index is 13.2. The van der Waals surface area contributed by atoms with Gasteiger partial charge in [-0.3, -0.25) is 0 Å². The Kier molecular flexibility index (Phi) is 6.49. The number of hydrogen-bond donors (Lipinski definition) is 0. The van der Waals surface area contributed by atoms with Gasteiger partial charge in [-0.15, -0.1) is 0 Å². The summed E-state index contributed by atoms with van der Waals surface area (Å²) in [6, 6.07) is 12.8. The van der Waals surface area contributed by atoms with Crippen LogP contribution in [0.1, 0.15) is 17.8 Å². The van der Waals surface area contributed by atoms with Gasteiger partial charge in [0, 0.05) is 44.1 Å². The molecule has 164 valence electrons. The van der Waals surface area contributed by atoms with Crippen molar-refractivity contribution >= 4 is 26.7 Å². The predicted octanol–water partition coefficient (Wildman–Crippen LogP) is 3.18. The first kappa shape index (κ1) is 21.7. The van der Waals surface area contributed by atoms with Crippen molar-refractivity contribution in [3.63, 3.8) is 0 Å². The maximum Gasteiger partial charge on any atom is 0.243 e. The molecule has 0 amide bonds. The summed E-state index contributed by atoms with van der Waals surface area (Å²) in [4.78, 5) is 6.85. The van der Waals surface area contributed by atoms with E-state index in [0.29, 0.717) is 39.0 Å². The number of anilines is 1. The van der Waals surface area contributed by atoms with Gasteiger partial charge in [0.25, 0.3) is 0 Å². The molecule has 1 aliphatic rings. The lowest BCUT2D eigenvalue weighted by atomic mass is 10.1. The number of hydrogen-bond acceptors (Lipinski definition) is 7. The average molecular weight is 463 g/mol. The summed E-state index contributed by atoms with van der Waals surface area (Å²) >= 11 is 1.33. The van der Waals surface area contributed by atoms with Gasteiger partial charge in [-0.05, 0) is 48.4 Å². The average Bonchev–Trinajstić information content (AvgIpc) is 3.08. The molecule has 0 atom stereocenters. The molecule has 1 fully saturated rings. The van der Waals surface area contributed by atoms with E-state index in [1.54, 1.807) is 7.11 Å². The van der Waals surface area contributed by atoms with E-state index in [1.165, 1.54) is 40.1 Å². The second-order valence-corrected chi connectivity index (χ2v) is 9.89. The molecule has 0 radical (unpaired) electrons. The molecule has 2 aromatic carbocycles. The van der Waals surface area contributed by atoms with E-state index in [4.69, 9.17) is 4.74 Å². The minimum atomic E-state index is -3.65. The first-order chi connectivity index (χ1) is 15.0. The van der Waals surface area contributed by atoms with Crippen LogP contribution in [0.3, 0.4) is 0 Å². The predicted molar refractivity (Wildman–Crippen MR) is 118 cm³/mol. The summed E-state index contributed by atoms with van der Waals surface area (Å²) in [5, 5.41) is 0.791. The summed E-state index contributed by atoms with van der Waals surface area (Å²) < 4.78 is 50.2.